The summed E-state index contributed by atoms with van der Waals surface area (Å²) in [6.45, 7) is 7.91. The van der Waals surface area contributed by atoms with Crippen LogP contribution in [0.15, 0.2) is 12.1 Å². The summed E-state index contributed by atoms with van der Waals surface area (Å²) in [5.74, 6) is -0.0308. The van der Waals surface area contributed by atoms with Crippen LogP contribution in [0.2, 0.25) is 0 Å². The quantitative estimate of drug-likeness (QED) is 0.615. The summed E-state index contributed by atoms with van der Waals surface area (Å²) in [5, 5.41) is 0. The predicted octanol–water partition coefficient (Wildman–Crippen LogP) is 2.79. The van der Waals surface area contributed by atoms with Gasteiger partial charge >= 0.3 is 7.12 Å². The highest BCUT2D eigenvalue weighted by molar-refractivity contribution is 6.61. The molecule has 0 amide bonds. The van der Waals surface area contributed by atoms with E-state index in [0.29, 0.717) is 11.5 Å². The number of halogens is 1. The second kappa shape index (κ2) is 4.53. The van der Waals surface area contributed by atoms with E-state index in [1.807, 2.05) is 39.8 Å². The van der Waals surface area contributed by atoms with Crippen LogP contribution in [0.1, 0.15) is 58.4 Å². The predicted molar refractivity (Wildman–Crippen MR) is 76.5 cm³/mol. The van der Waals surface area contributed by atoms with Crippen molar-refractivity contribution in [2.24, 2.45) is 0 Å². The Bertz CT molecular complexity index is 513. The molecular formula is C15H21BFNO2. The van der Waals surface area contributed by atoms with Crippen molar-refractivity contribution in [1.82, 2.24) is 4.98 Å². The first kappa shape index (κ1) is 14.0. The fourth-order valence-electron chi connectivity index (χ4n) is 2.58. The van der Waals surface area contributed by atoms with Gasteiger partial charge in [-0.1, -0.05) is 12.5 Å². The molecule has 0 aromatic carbocycles. The van der Waals surface area contributed by atoms with E-state index in [1.54, 1.807) is 0 Å². The highest BCUT2D eigenvalue weighted by Crippen LogP contribution is 2.38. The molecule has 0 radical (unpaired) electrons. The van der Waals surface area contributed by atoms with Gasteiger partial charge in [-0.15, -0.1) is 0 Å². The van der Waals surface area contributed by atoms with Crippen LogP contribution in [0.3, 0.4) is 0 Å². The van der Waals surface area contributed by atoms with Crippen molar-refractivity contribution < 1.29 is 13.7 Å². The van der Waals surface area contributed by atoms with E-state index in [2.05, 4.69) is 4.98 Å². The highest BCUT2D eigenvalue weighted by Gasteiger charge is 2.52. The lowest BCUT2D eigenvalue weighted by Crippen LogP contribution is -2.41. The molecule has 2 aliphatic rings. The van der Waals surface area contributed by atoms with Gasteiger partial charge in [0.05, 0.1) is 16.8 Å². The maximum atomic E-state index is 14.1. The molecule has 3 rings (SSSR count). The average molecular weight is 277 g/mol. The molecule has 1 aromatic heterocycles. The number of pyridine rings is 1. The molecular weight excluding hydrogens is 256 g/mol. The van der Waals surface area contributed by atoms with E-state index in [9.17, 15) is 4.39 Å². The summed E-state index contributed by atoms with van der Waals surface area (Å²) >= 11 is 0. The number of aromatic nitrogens is 1. The van der Waals surface area contributed by atoms with Crippen molar-refractivity contribution in [1.29, 1.82) is 0 Å². The molecule has 108 valence electrons. The standard InChI is InChI=1S/C15H21BFNO2/c1-14(2)15(3,4)20-16(19-14)12-9-8-11(13(17)18-12)10-6-5-7-10/h8-10H,5-7H2,1-4H3. The van der Waals surface area contributed by atoms with Crippen LogP contribution in [0.25, 0.3) is 0 Å². The van der Waals surface area contributed by atoms with Crippen molar-refractivity contribution in [2.45, 2.75) is 64.1 Å². The van der Waals surface area contributed by atoms with Crippen molar-refractivity contribution in [3.8, 4) is 0 Å². The normalized spacial score (nSPS) is 24.8. The maximum absolute atomic E-state index is 14.1. The Labute approximate surface area is 120 Å². The van der Waals surface area contributed by atoms with Gasteiger partial charge in [0.1, 0.15) is 0 Å². The van der Waals surface area contributed by atoms with Gasteiger partial charge in [-0.05, 0) is 52.5 Å². The lowest BCUT2D eigenvalue weighted by molar-refractivity contribution is 0.00578. The summed E-state index contributed by atoms with van der Waals surface area (Å²) in [4.78, 5) is 4.07. The van der Waals surface area contributed by atoms with E-state index in [-0.39, 0.29) is 5.95 Å². The van der Waals surface area contributed by atoms with Crippen LogP contribution >= 0.6 is 0 Å². The molecule has 1 aliphatic carbocycles. The zero-order valence-electron chi connectivity index (χ0n) is 12.6. The number of rotatable bonds is 2. The molecule has 0 N–H and O–H groups in total. The smallest absolute Gasteiger partial charge is 0.398 e. The molecule has 2 heterocycles. The number of hydrogen-bond acceptors (Lipinski definition) is 3. The highest BCUT2D eigenvalue weighted by atomic mass is 19.1. The minimum absolute atomic E-state index is 0.342. The minimum atomic E-state index is -0.593. The fraction of sp³-hybridized carbons (Fsp3) is 0.667. The van der Waals surface area contributed by atoms with Gasteiger partial charge in [0.25, 0.3) is 0 Å². The van der Waals surface area contributed by atoms with Crippen LogP contribution in [0, 0.1) is 5.95 Å². The third-order valence-corrected chi connectivity index (χ3v) is 4.94. The van der Waals surface area contributed by atoms with Gasteiger partial charge in [0, 0.05) is 5.56 Å². The molecule has 0 bridgehead atoms. The molecule has 1 aliphatic heterocycles. The summed E-state index contributed by atoms with van der Waals surface area (Å²) in [5.41, 5.74) is 0.394. The Balaban J connectivity index is 1.83. The molecule has 1 saturated heterocycles. The second-order valence-electron chi connectivity index (χ2n) is 6.83. The zero-order chi connectivity index (χ0) is 14.5. The van der Waals surface area contributed by atoms with Crippen molar-refractivity contribution in [3.63, 3.8) is 0 Å². The molecule has 3 nitrogen and oxygen atoms in total. The molecule has 5 heteroatoms. The van der Waals surface area contributed by atoms with Crippen LogP contribution in [0.4, 0.5) is 4.39 Å². The van der Waals surface area contributed by atoms with Gasteiger partial charge in [-0.2, -0.15) is 4.39 Å². The van der Waals surface area contributed by atoms with Gasteiger partial charge in [0.2, 0.25) is 5.95 Å². The molecule has 0 spiro atoms. The first-order valence-electron chi connectivity index (χ1n) is 7.32. The summed E-state index contributed by atoms with van der Waals surface area (Å²) in [6.07, 6.45) is 3.31. The Kier molecular flexibility index (Phi) is 3.18. The van der Waals surface area contributed by atoms with E-state index in [4.69, 9.17) is 9.31 Å². The Morgan fingerprint density at radius 3 is 2.20 bits per heavy atom. The van der Waals surface area contributed by atoms with E-state index < -0.39 is 18.3 Å². The van der Waals surface area contributed by atoms with Crippen molar-refractivity contribution in [2.75, 3.05) is 0 Å². The summed E-state index contributed by atoms with van der Waals surface area (Å²) in [6, 6.07) is 3.67. The maximum Gasteiger partial charge on any atom is 0.514 e. The Morgan fingerprint density at radius 1 is 1.15 bits per heavy atom. The molecule has 0 unspecified atom stereocenters. The van der Waals surface area contributed by atoms with E-state index in [1.165, 1.54) is 6.42 Å². The Morgan fingerprint density at radius 2 is 1.75 bits per heavy atom. The monoisotopic (exact) mass is 277 g/mol. The molecule has 20 heavy (non-hydrogen) atoms. The molecule has 0 atom stereocenters. The van der Waals surface area contributed by atoms with Crippen LogP contribution < -0.4 is 5.59 Å². The molecule has 1 saturated carbocycles. The first-order valence-corrected chi connectivity index (χ1v) is 7.32. The SMILES string of the molecule is CC1(C)OB(c2ccc(C3CCC3)c(F)n2)OC1(C)C. The van der Waals surface area contributed by atoms with Crippen LogP contribution in [-0.2, 0) is 9.31 Å². The van der Waals surface area contributed by atoms with Gasteiger partial charge in [-0.25, -0.2) is 4.98 Å². The van der Waals surface area contributed by atoms with Gasteiger partial charge in [-0.3, -0.25) is 0 Å². The molecule has 2 fully saturated rings. The van der Waals surface area contributed by atoms with Gasteiger partial charge < -0.3 is 9.31 Å². The van der Waals surface area contributed by atoms with E-state index >= 15 is 0 Å². The lowest BCUT2D eigenvalue weighted by Gasteiger charge is -2.32. The third-order valence-electron chi connectivity index (χ3n) is 4.94. The fourth-order valence-corrected chi connectivity index (χ4v) is 2.58. The Hall–Kier alpha value is -0.935. The number of nitrogens with zero attached hydrogens (tertiary/aromatic N) is 1. The second-order valence-corrected chi connectivity index (χ2v) is 6.83. The summed E-state index contributed by atoms with van der Waals surface area (Å²) < 4.78 is 25.9. The molecule has 1 aromatic rings. The van der Waals surface area contributed by atoms with Gasteiger partial charge in [0.15, 0.2) is 0 Å². The third kappa shape index (κ3) is 2.17. The van der Waals surface area contributed by atoms with Crippen molar-refractivity contribution in [3.05, 3.63) is 23.6 Å². The van der Waals surface area contributed by atoms with Crippen molar-refractivity contribution >= 4 is 12.7 Å². The van der Waals surface area contributed by atoms with E-state index in [0.717, 1.165) is 18.4 Å². The first-order chi connectivity index (χ1) is 9.30. The lowest BCUT2D eigenvalue weighted by atomic mass is 9.79. The topological polar surface area (TPSA) is 31.4 Å². The zero-order valence-corrected chi connectivity index (χ0v) is 12.6. The summed E-state index contributed by atoms with van der Waals surface area (Å²) in [7, 11) is -0.593. The van der Waals surface area contributed by atoms with Crippen LogP contribution in [0.5, 0.6) is 0 Å². The van der Waals surface area contributed by atoms with Crippen LogP contribution in [-0.4, -0.2) is 23.3 Å². The minimum Gasteiger partial charge on any atom is -0.398 e. The average Bonchev–Trinajstić information content (AvgIpc) is 2.48. The number of hydrogen-bond donors (Lipinski definition) is 0. The largest absolute Gasteiger partial charge is 0.514 e.